The number of aromatic amines is 1. The Balaban J connectivity index is 1.69. The van der Waals surface area contributed by atoms with Gasteiger partial charge in [0, 0.05) is 16.6 Å². The van der Waals surface area contributed by atoms with Crippen LogP contribution < -0.4 is 10.9 Å². The normalized spacial score (nSPS) is 11.0. The Bertz CT molecular complexity index is 1130. The summed E-state index contributed by atoms with van der Waals surface area (Å²) in [5.41, 5.74) is 0.743. The zero-order valence-electron chi connectivity index (χ0n) is 15.5. The molecule has 0 aliphatic heterocycles. The summed E-state index contributed by atoms with van der Waals surface area (Å²) < 4.78 is 0.420. The molecule has 3 aromatic rings. The number of halogens is 1. The Morgan fingerprint density at radius 3 is 2.76 bits per heavy atom. The maximum atomic E-state index is 12.4. The third-order valence-electron chi connectivity index (χ3n) is 4.29. The summed E-state index contributed by atoms with van der Waals surface area (Å²) in [6.45, 7) is 2.82. The molecule has 0 aliphatic carbocycles. The Morgan fingerprint density at radius 2 is 2.07 bits per heavy atom. The number of carbonyl (C=O) groups excluding carboxylic acids is 1. The van der Waals surface area contributed by atoms with Gasteiger partial charge in [-0.05, 0) is 40.7 Å². The molecule has 0 radical (unpaired) electrons. The summed E-state index contributed by atoms with van der Waals surface area (Å²) >= 11 is 3.23. The van der Waals surface area contributed by atoms with Crippen LogP contribution in [0.3, 0.4) is 0 Å². The van der Waals surface area contributed by atoms with Gasteiger partial charge < -0.3 is 10.3 Å². The molecule has 1 heterocycles. The first kappa shape index (κ1) is 20.6. The first-order valence-corrected chi connectivity index (χ1v) is 9.60. The summed E-state index contributed by atoms with van der Waals surface area (Å²) in [5, 5.41) is 14.0. The number of para-hydroxylation sites is 1. The van der Waals surface area contributed by atoms with Crippen molar-refractivity contribution in [1.82, 2.24) is 14.9 Å². The van der Waals surface area contributed by atoms with Crippen molar-refractivity contribution < 1.29 is 9.72 Å². The van der Waals surface area contributed by atoms with E-state index >= 15 is 0 Å². The molecule has 0 spiro atoms. The van der Waals surface area contributed by atoms with Crippen molar-refractivity contribution >= 4 is 44.1 Å². The molecule has 29 heavy (non-hydrogen) atoms. The highest BCUT2D eigenvalue weighted by Crippen LogP contribution is 2.27. The number of H-pyrrole nitrogens is 1. The largest absolute Gasteiger partial charge is 0.324 e. The molecule has 1 amide bonds. The van der Waals surface area contributed by atoms with Crippen molar-refractivity contribution in [3.8, 4) is 0 Å². The first-order chi connectivity index (χ1) is 13.9. The zero-order valence-corrected chi connectivity index (χ0v) is 17.1. The number of fused-ring (bicyclic) bond motifs is 1. The predicted molar refractivity (Wildman–Crippen MR) is 113 cm³/mol. The quantitative estimate of drug-likeness (QED) is 0.413. The van der Waals surface area contributed by atoms with Crippen molar-refractivity contribution in [2.24, 2.45) is 0 Å². The summed E-state index contributed by atoms with van der Waals surface area (Å²) in [5.74, 6) is 0.185. The highest BCUT2D eigenvalue weighted by molar-refractivity contribution is 9.10. The number of hydrogen-bond donors (Lipinski definition) is 2. The topological polar surface area (TPSA) is 121 Å². The molecule has 10 heteroatoms. The van der Waals surface area contributed by atoms with Crippen molar-refractivity contribution in [2.45, 2.75) is 13.5 Å². The van der Waals surface area contributed by atoms with E-state index in [4.69, 9.17) is 0 Å². The first-order valence-electron chi connectivity index (χ1n) is 8.81. The third-order valence-corrected chi connectivity index (χ3v) is 4.94. The van der Waals surface area contributed by atoms with E-state index in [9.17, 15) is 19.7 Å². The molecule has 150 valence electrons. The van der Waals surface area contributed by atoms with Crippen molar-refractivity contribution in [3.05, 3.63) is 73.2 Å². The monoisotopic (exact) mass is 459 g/mol. The Hall–Kier alpha value is -3.11. The average Bonchev–Trinajstić information content (AvgIpc) is 2.69. The van der Waals surface area contributed by atoms with Crippen molar-refractivity contribution in [2.75, 3.05) is 18.4 Å². The van der Waals surface area contributed by atoms with E-state index in [0.29, 0.717) is 40.0 Å². The third kappa shape index (κ3) is 5.04. The lowest BCUT2D eigenvalue weighted by atomic mass is 10.2. The predicted octanol–water partition coefficient (Wildman–Crippen LogP) is 3.05. The number of benzene rings is 2. The van der Waals surface area contributed by atoms with Gasteiger partial charge in [0.25, 0.3) is 11.2 Å². The summed E-state index contributed by atoms with van der Waals surface area (Å²) in [6, 6.07) is 11.2. The van der Waals surface area contributed by atoms with E-state index in [1.165, 1.54) is 18.2 Å². The van der Waals surface area contributed by atoms with Gasteiger partial charge in [0.05, 0.1) is 34.6 Å². The second kappa shape index (κ2) is 8.93. The molecule has 9 nitrogen and oxygen atoms in total. The Labute approximate surface area is 174 Å². The van der Waals surface area contributed by atoms with Gasteiger partial charge in [0.1, 0.15) is 5.82 Å². The number of non-ortho nitro benzene ring substituents is 1. The molecule has 1 aromatic heterocycles. The van der Waals surface area contributed by atoms with E-state index < -0.39 is 4.92 Å². The number of rotatable bonds is 7. The molecule has 0 unspecified atom stereocenters. The van der Waals surface area contributed by atoms with E-state index in [1.807, 2.05) is 17.9 Å². The lowest BCUT2D eigenvalue weighted by Gasteiger charge is -2.19. The molecule has 3 rings (SSSR count). The number of anilines is 1. The van der Waals surface area contributed by atoms with Gasteiger partial charge in [-0.1, -0.05) is 19.1 Å². The van der Waals surface area contributed by atoms with Crippen LogP contribution in [0.1, 0.15) is 12.7 Å². The minimum atomic E-state index is -0.507. The smallest absolute Gasteiger partial charge is 0.270 e. The number of aromatic nitrogens is 2. The lowest BCUT2D eigenvalue weighted by Crippen LogP contribution is -2.34. The number of nitro groups is 1. The average molecular weight is 460 g/mol. The SMILES string of the molecule is CCN(CC(=O)Nc1ccc([N+](=O)[O-])cc1Br)Cc1nc2ccccc2c(=O)[nH]1. The molecular formula is C19H18BrN5O4. The molecule has 2 N–H and O–H groups in total. The number of hydrogen-bond acceptors (Lipinski definition) is 6. The second-order valence-electron chi connectivity index (χ2n) is 6.30. The number of amides is 1. The van der Waals surface area contributed by atoms with Crippen LogP contribution in [-0.2, 0) is 11.3 Å². The van der Waals surface area contributed by atoms with Crippen LogP contribution in [0.2, 0.25) is 0 Å². The minimum absolute atomic E-state index is 0.0659. The molecule has 2 aromatic carbocycles. The van der Waals surface area contributed by atoms with Crippen LogP contribution >= 0.6 is 15.9 Å². The number of nitrogens with zero attached hydrogens (tertiary/aromatic N) is 3. The maximum absolute atomic E-state index is 12.4. The van der Waals surface area contributed by atoms with Crippen LogP contribution in [0.15, 0.2) is 51.7 Å². The fourth-order valence-corrected chi connectivity index (χ4v) is 3.28. The summed E-state index contributed by atoms with van der Waals surface area (Å²) in [4.78, 5) is 44.0. The van der Waals surface area contributed by atoms with Crippen LogP contribution in [-0.4, -0.2) is 38.8 Å². The molecule has 0 saturated carbocycles. The Morgan fingerprint density at radius 1 is 1.31 bits per heavy atom. The summed E-state index contributed by atoms with van der Waals surface area (Å²) in [6.07, 6.45) is 0. The number of carbonyl (C=O) groups is 1. The van der Waals surface area contributed by atoms with Gasteiger partial charge >= 0.3 is 0 Å². The van der Waals surface area contributed by atoms with E-state index in [2.05, 4.69) is 31.2 Å². The molecule has 0 bridgehead atoms. The van der Waals surface area contributed by atoms with Crippen LogP contribution in [0.4, 0.5) is 11.4 Å². The highest BCUT2D eigenvalue weighted by atomic mass is 79.9. The maximum Gasteiger partial charge on any atom is 0.270 e. The number of likely N-dealkylation sites (N-methyl/N-ethyl adjacent to an activating group) is 1. The van der Waals surface area contributed by atoms with Crippen molar-refractivity contribution in [3.63, 3.8) is 0 Å². The Kier molecular flexibility index (Phi) is 6.35. The molecule has 0 atom stereocenters. The highest BCUT2D eigenvalue weighted by Gasteiger charge is 2.15. The zero-order chi connectivity index (χ0) is 21.0. The number of nitro benzene ring substituents is 1. The van der Waals surface area contributed by atoms with Gasteiger partial charge in [-0.25, -0.2) is 4.98 Å². The van der Waals surface area contributed by atoms with Gasteiger partial charge in [0.2, 0.25) is 5.91 Å². The lowest BCUT2D eigenvalue weighted by molar-refractivity contribution is -0.384. The second-order valence-corrected chi connectivity index (χ2v) is 7.16. The van der Waals surface area contributed by atoms with Gasteiger partial charge in [0.15, 0.2) is 0 Å². The van der Waals surface area contributed by atoms with Crippen LogP contribution in [0.5, 0.6) is 0 Å². The molecule has 0 fully saturated rings. The van der Waals surface area contributed by atoms with Gasteiger partial charge in [-0.2, -0.15) is 0 Å². The van der Waals surface area contributed by atoms with Gasteiger partial charge in [-0.15, -0.1) is 0 Å². The number of nitrogens with one attached hydrogen (secondary N) is 2. The van der Waals surface area contributed by atoms with Gasteiger partial charge in [-0.3, -0.25) is 24.6 Å². The van der Waals surface area contributed by atoms with Crippen molar-refractivity contribution in [1.29, 1.82) is 0 Å². The fraction of sp³-hybridized carbons (Fsp3) is 0.211. The molecular weight excluding hydrogens is 442 g/mol. The molecule has 0 saturated heterocycles. The van der Waals surface area contributed by atoms with E-state index in [1.54, 1.807) is 18.2 Å². The van der Waals surface area contributed by atoms with E-state index in [0.717, 1.165) is 0 Å². The molecule has 0 aliphatic rings. The van der Waals surface area contributed by atoms with Crippen LogP contribution in [0.25, 0.3) is 10.9 Å². The fourth-order valence-electron chi connectivity index (χ4n) is 2.81. The van der Waals surface area contributed by atoms with Crippen LogP contribution in [0, 0.1) is 10.1 Å². The minimum Gasteiger partial charge on any atom is -0.324 e. The summed E-state index contributed by atoms with van der Waals surface area (Å²) in [7, 11) is 0. The standard InChI is InChI=1S/C19H18BrN5O4/c1-2-24(10-17-21-15-6-4-3-5-13(15)19(27)23-17)11-18(26)22-16-8-7-12(25(28)29)9-14(16)20/h3-9H,2,10-11H2,1H3,(H,22,26)(H,21,23,27). The van der Waals surface area contributed by atoms with E-state index in [-0.39, 0.29) is 23.7 Å².